The van der Waals surface area contributed by atoms with Crippen LogP contribution in [0.2, 0.25) is 0 Å². The third-order valence-electron chi connectivity index (χ3n) is 1.76. The minimum atomic E-state index is -0.697. The first kappa shape index (κ1) is 8.71. The van der Waals surface area contributed by atoms with E-state index in [0.29, 0.717) is 11.1 Å². The summed E-state index contributed by atoms with van der Waals surface area (Å²) in [7, 11) is 0. The zero-order valence-corrected chi connectivity index (χ0v) is 6.89. The number of Topliss-reactive ketones (excluding diaryl/α,β-unsaturated/α-hetero) is 1. The van der Waals surface area contributed by atoms with E-state index in [1.165, 1.54) is 19.9 Å². The number of hydrogen-bond acceptors (Lipinski definition) is 2. The molecule has 64 valence electrons. The SMILES string of the molecule is CC(=O)c1ccc(F)c(O)c1C. The van der Waals surface area contributed by atoms with Crippen LogP contribution in [0.1, 0.15) is 22.8 Å². The van der Waals surface area contributed by atoms with E-state index in [2.05, 4.69) is 0 Å². The third kappa shape index (κ3) is 1.30. The summed E-state index contributed by atoms with van der Waals surface area (Å²) >= 11 is 0. The molecule has 0 radical (unpaired) electrons. The van der Waals surface area contributed by atoms with Gasteiger partial charge in [-0.2, -0.15) is 0 Å². The summed E-state index contributed by atoms with van der Waals surface area (Å²) in [4.78, 5) is 10.9. The first-order valence-electron chi connectivity index (χ1n) is 3.53. The normalized spacial score (nSPS) is 9.92. The highest BCUT2D eigenvalue weighted by molar-refractivity contribution is 5.96. The Kier molecular flexibility index (Phi) is 2.13. The van der Waals surface area contributed by atoms with Crippen LogP contribution in [-0.2, 0) is 0 Å². The fourth-order valence-electron chi connectivity index (χ4n) is 1.05. The number of carbonyl (C=O) groups is 1. The number of rotatable bonds is 1. The van der Waals surface area contributed by atoms with Gasteiger partial charge in [0.2, 0.25) is 0 Å². The standard InChI is InChI=1S/C9H9FO2/c1-5-7(6(2)11)3-4-8(10)9(5)12/h3-4,12H,1-2H3. The molecule has 3 heteroatoms. The number of halogens is 1. The number of phenolic OH excluding ortho intramolecular Hbond substituents is 1. The molecule has 0 amide bonds. The maximum atomic E-state index is 12.7. The van der Waals surface area contributed by atoms with Crippen LogP contribution < -0.4 is 0 Å². The van der Waals surface area contributed by atoms with E-state index in [1.54, 1.807) is 0 Å². The maximum absolute atomic E-state index is 12.7. The van der Waals surface area contributed by atoms with Crippen molar-refractivity contribution >= 4 is 5.78 Å². The molecule has 0 fully saturated rings. The summed E-state index contributed by atoms with van der Waals surface area (Å²) in [5.74, 6) is -1.32. The minimum absolute atomic E-state index is 0.178. The highest BCUT2D eigenvalue weighted by atomic mass is 19.1. The van der Waals surface area contributed by atoms with Crippen LogP contribution in [0.3, 0.4) is 0 Å². The van der Waals surface area contributed by atoms with Gasteiger partial charge in [-0.15, -0.1) is 0 Å². The molecule has 0 spiro atoms. The Hall–Kier alpha value is -1.38. The number of hydrogen-bond donors (Lipinski definition) is 1. The van der Waals surface area contributed by atoms with Crippen LogP contribution in [0.4, 0.5) is 4.39 Å². The molecule has 0 aliphatic rings. The lowest BCUT2D eigenvalue weighted by molar-refractivity contribution is 0.101. The summed E-state index contributed by atoms with van der Waals surface area (Å²) in [6.07, 6.45) is 0. The van der Waals surface area contributed by atoms with Gasteiger partial charge in [0.1, 0.15) is 0 Å². The summed E-state index contributed by atoms with van der Waals surface area (Å²) in [6.45, 7) is 2.88. The van der Waals surface area contributed by atoms with Gasteiger partial charge in [0, 0.05) is 11.1 Å². The van der Waals surface area contributed by atoms with Crippen LogP contribution in [0.5, 0.6) is 5.75 Å². The molecule has 0 aromatic heterocycles. The van der Waals surface area contributed by atoms with Gasteiger partial charge in [0.15, 0.2) is 17.3 Å². The molecule has 0 heterocycles. The Bertz CT molecular complexity index is 332. The molecule has 0 unspecified atom stereocenters. The molecule has 1 aromatic carbocycles. The second kappa shape index (κ2) is 2.93. The van der Waals surface area contributed by atoms with E-state index in [4.69, 9.17) is 5.11 Å². The fourth-order valence-corrected chi connectivity index (χ4v) is 1.05. The van der Waals surface area contributed by atoms with Gasteiger partial charge in [-0.1, -0.05) is 0 Å². The molecule has 12 heavy (non-hydrogen) atoms. The quantitative estimate of drug-likeness (QED) is 0.651. The molecule has 0 aliphatic heterocycles. The molecule has 0 saturated carbocycles. The van der Waals surface area contributed by atoms with Crippen molar-refractivity contribution in [3.8, 4) is 5.75 Å². The highest BCUT2D eigenvalue weighted by Crippen LogP contribution is 2.23. The molecular weight excluding hydrogens is 159 g/mol. The van der Waals surface area contributed by atoms with Crippen molar-refractivity contribution in [3.63, 3.8) is 0 Å². The van der Waals surface area contributed by atoms with Crippen molar-refractivity contribution in [2.24, 2.45) is 0 Å². The van der Waals surface area contributed by atoms with Crippen molar-refractivity contribution in [1.82, 2.24) is 0 Å². The lowest BCUT2D eigenvalue weighted by Crippen LogP contribution is -1.97. The molecule has 2 nitrogen and oxygen atoms in total. The lowest BCUT2D eigenvalue weighted by atomic mass is 10.0. The van der Waals surface area contributed by atoms with E-state index in [9.17, 15) is 9.18 Å². The summed E-state index contributed by atoms with van der Waals surface area (Å²) < 4.78 is 12.7. The van der Waals surface area contributed by atoms with Gasteiger partial charge in [-0.25, -0.2) is 4.39 Å². The Morgan fingerprint density at radius 2 is 2.08 bits per heavy atom. The first-order chi connectivity index (χ1) is 5.54. The van der Waals surface area contributed by atoms with Crippen molar-refractivity contribution in [2.75, 3.05) is 0 Å². The topological polar surface area (TPSA) is 37.3 Å². The zero-order chi connectivity index (χ0) is 9.30. The lowest BCUT2D eigenvalue weighted by Gasteiger charge is -2.04. The van der Waals surface area contributed by atoms with Crippen LogP contribution in [-0.4, -0.2) is 10.9 Å². The van der Waals surface area contributed by atoms with Crippen LogP contribution in [0, 0.1) is 12.7 Å². The smallest absolute Gasteiger partial charge is 0.165 e. The highest BCUT2D eigenvalue weighted by Gasteiger charge is 2.10. The Morgan fingerprint density at radius 3 is 2.58 bits per heavy atom. The van der Waals surface area contributed by atoms with Crippen LogP contribution >= 0.6 is 0 Å². The van der Waals surface area contributed by atoms with E-state index in [1.807, 2.05) is 0 Å². The first-order valence-corrected chi connectivity index (χ1v) is 3.53. The zero-order valence-electron chi connectivity index (χ0n) is 6.89. The molecule has 1 N–H and O–H groups in total. The second-order valence-corrected chi connectivity index (χ2v) is 2.62. The van der Waals surface area contributed by atoms with Crippen molar-refractivity contribution in [1.29, 1.82) is 0 Å². The molecule has 1 rings (SSSR count). The van der Waals surface area contributed by atoms with Crippen molar-refractivity contribution in [3.05, 3.63) is 29.1 Å². The average molecular weight is 168 g/mol. The molecule has 0 aliphatic carbocycles. The van der Waals surface area contributed by atoms with Gasteiger partial charge < -0.3 is 5.11 Å². The van der Waals surface area contributed by atoms with E-state index in [-0.39, 0.29) is 5.78 Å². The summed E-state index contributed by atoms with van der Waals surface area (Å²) in [6, 6.07) is 2.45. The van der Waals surface area contributed by atoms with E-state index >= 15 is 0 Å². The predicted octanol–water partition coefficient (Wildman–Crippen LogP) is 2.04. The number of benzene rings is 1. The van der Waals surface area contributed by atoms with Gasteiger partial charge in [-0.05, 0) is 26.0 Å². The van der Waals surface area contributed by atoms with Crippen molar-refractivity contribution in [2.45, 2.75) is 13.8 Å². The fraction of sp³-hybridized carbons (Fsp3) is 0.222. The molecule has 0 saturated heterocycles. The van der Waals surface area contributed by atoms with Crippen LogP contribution in [0.25, 0.3) is 0 Å². The molecule has 1 aromatic rings. The Balaban J connectivity index is 3.36. The van der Waals surface area contributed by atoms with Gasteiger partial charge in [-0.3, -0.25) is 4.79 Å². The number of ketones is 1. The van der Waals surface area contributed by atoms with Gasteiger partial charge in [0.25, 0.3) is 0 Å². The average Bonchev–Trinajstić information content (AvgIpc) is 2.00. The predicted molar refractivity (Wildman–Crippen MR) is 42.8 cm³/mol. The monoisotopic (exact) mass is 168 g/mol. The summed E-state index contributed by atoms with van der Waals surface area (Å²) in [5.41, 5.74) is 0.649. The van der Waals surface area contributed by atoms with Crippen molar-refractivity contribution < 1.29 is 14.3 Å². The molecular formula is C9H9FO2. The number of phenols is 1. The third-order valence-corrected chi connectivity index (χ3v) is 1.76. The maximum Gasteiger partial charge on any atom is 0.165 e. The minimum Gasteiger partial charge on any atom is -0.505 e. The van der Waals surface area contributed by atoms with Gasteiger partial charge >= 0.3 is 0 Å². The van der Waals surface area contributed by atoms with E-state index < -0.39 is 11.6 Å². The van der Waals surface area contributed by atoms with Crippen LogP contribution in [0.15, 0.2) is 12.1 Å². The molecule has 0 atom stereocenters. The largest absolute Gasteiger partial charge is 0.505 e. The number of aromatic hydroxyl groups is 1. The summed E-state index contributed by atoms with van der Waals surface area (Å²) in [5, 5.41) is 9.11. The number of carbonyl (C=O) groups excluding carboxylic acids is 1. The Labute approximate surface area is 69.6 Å². The van der Waals surface area contributed by atoms with Gasteiger partial charge in [0.05, 0.1) is 0 Å². The molecule has 0 bridgehead atoms. The second-order valence-electron chi connectivity index (χ2n) is 2.62. The van der Waals surface area contributed by atoms with E-state index in [0.717, 1.165) is 6.07 Å². The Morgan fingerprint density at radius 1 is 1.50 bits per heavy atom.